The van der Waals surface area contributed by atoms with Gasteiger partial charge in [0, 0.05) is 11.1 Å². The number of rotatable bonds is 6. The molecule has 0 aliphatic heterocycles. The molecule has 0 radical (unpaired) electrons. The Balaban J connectivity index is 1.63. The third-order valence-electron chi connectivity index (χ3n) is 4.27. The van der Waals surface area contributed by atoms with Crippen LogP contribution < -0.4 is 5.32 Å². The number of hydrogen-bond donors (Lipinski definition) is 1. The van der Waals surface area contributed by atoms with E-state index in [0.29, 0.717) is 16.4 Å². The number of benzene rings is 2. The monoisotopic (exact) mass is 368 g/mol. The van der Waals surface area contributed by atoms with Gasteiger partial charge in [-0.25, -0.2) is 4.68 Å². The van der Waals surface area contributed by atoms with Gasteiger partial charge in [-0.15, -0.1) is 5.10 Å². The van der Waals surface area contributed by atoms with E-state index in [1.54, 1.807) is 16.8 Å². The lowest BCUT2D eigenvalue weighted by Crippen LogP contribution is -2.33. The first kappa shape index (κ1) is 18.1. The van der Waals surface area contributed by atoms with Crippen LogP contribution >= 0.6 is 11.6 Å². The first-order valence-corrected chi connectivity index (χ1v) is 8.95. The predicted molar refractivity (Wildman–Crippen MR) is 103 cm³/mol. The predicted octanol–water partition coefficient (Wildman–Crippen LogP) is 3.98. The van der Waals surface area contributed by atoms with E-state index in [1.807, 2.05) is 44.2 Å². The number of amides is 1. The molecular weight excluding hydrogens is 348 g/mol. The molecule has 5 nitrogen and oxygen atoms in total. The summed E-state index contributed by atoms with van der Waals surface area (Å²) in [6, 6.07) is 17.5. The molecule has 2 aromatic carbocycles. The molecule has 1 heterocycles. The molecule has 0 saturated carbocycles. The van der Waals surface area contributed by atoms with Gasteiger partial charge in [0.15, 0.2) is 5.69 Å². The van der Waals surface area contributed by atoms with Crippen LogP contribution in [0.25, 0.3) is 5.69 Å². The molecule has 1 atom stereocenters. The highest BCUT2D eigenvalue weighted by Gasteiger charge is 2.18. The minimum Gasteiger partial charge on any atom is -0.348 e. The fraction of sp³-hybridized carbons (Fsp3) is 0.250. The average molecular weight is 369 g/mol. The van der Waals surface area contributed by atoms with Crippen molar-refractivity contribution >= 4 is 17.5 Å². The smallest absolute Gasteiger partial charge is 0.273 e. The maximum Gasteiger partial charge on any atom is 0.273 e. The second-order valence-electron chi connectivity index (χ2n) is 6.31. The van der Waals surface area contributed by atoms with E-state index in [0.717, 1.165) is 18.5 Å². The van der Waals surface area contributed by atoms with E-state index >= 15 is 0 Å². The Bertz CT molecular complexity index is 875. The van der Waals surface area contributed by atoms with Crippen molar-refractivity contribution in [2.45, 2.75) is 32.7 Å². The molecule has 0 aliphatic rings. The highest BCUT2D eigenvalue weighted by Crippen LogP contribution is 2.16. The Morgan fingerprint density at radius 3 is 2.54 bits per heavy atom. The third kappa shape index (κ3) is 4.29. The Kier molecular flexibility index (Phi) is 5.68. The van der Waals surface area contributed by atoms with Gasteiger partial charge < -0.3 is 5.32 Å². The highest BCUT2D eigenvalue weighted by molar-refractivity contribution is 6.30. The van der Waals surface area contributed by atoms with Crippen LogP contribution in [0.2, 0.25) is 5.02 Å². The van der Waals surface area contributed by atoms with E-state index in [9.17, 15) is 4.79 Å². The van der Waals surface area contributed by atoms with Gasteiger partial charge in [0.25, 0.3) is 5.91 Å². The lowest BCUT2D eigenvalue weighted by Gasteiger charge is -2.13. The zero-order valence-corrected chi connectivity index (χ0v) is 15.6. The summed E-state index contributed by atoms with van der Waals surface area (Å²) in [5, 5.41) is 11.8. The van der Waals surface area contributed by atoms with E-state index in [4.69, 9.17) is 11.6 Å². The zero-order valence-electron chi connectivity index (χ0n) is 14.8. The molecule has 0 spiro atoms. The Morgan fingerprint density at radius 1 is 1.15 bits per heavy atom. The molecule has 26 heavy (non-hydrogen) atoms. The van der Waals surface area contributed by atoms with Gasteiger partial charge in [-0.1, -0.05) is 47.1 Å². The Hall–Kier alpha value is -2.66. The van der Waals surface area contributed by atoms with Crippen LogP contribution in [0.3, 0.4) is 0 Å². The summed E-state index contributed by atoms with van der Waals surface area (Å²) in [7, 11) is 0. The molecular formula is C20H21ClN4O. The fourth-order valence-corrected chi connectivity index (χ4v) is 2.88. The zero-order chi connectivity index (χ0) is 18.5. The maximum atomic E-state index is 12.5. The van der Waals surface area contributed by atoms with Crippen LogP contribution in [0, 0.1) is 6.92 Å². The van der Waals surface area contributed by atoms with E-state index in [1.165, 1.54) is 5.56 Å². The topological polar surface area (TPSA) is 59.8 Å². The van der Waals surface area contributed by atoms with Crippen molar-refractivity contribution in [3.8, 4) is 5.69 Å². The number of nitrogens with one attached hydrogen (secondary N) is 1. The summed E-state index contributed by atoms with van der Waals surface area (Å²) in [4.78, 5) is 12.5. The lowest BCUT2D eigenvalue weighted by molar-refractivity contribution is 0.0932. The SMILES string of the molecule is Cc1c(C(=O)N[C@H](C)CCc2ccccc2)nnn1-c1ccc(Cl)cc1. The summed E-state index contributed by atoms with van der Waals surface area (Å²) < 4.78 is 1.64. The molecule has 3 aromatic rings. The number of carbonyl (C=O) groups is 1. The number of nitrogens with zero attached hydrogens (tertiary/aromatic N) is 3. The van der Waals surface area contributed by atoms with Gasteiger partial charge in [0.1, 0.15) is 0 Å². The molecule has 0 saturated heterocycles. The van der Waals surface area contributed by atoms with Crippen LogP contribution in [-0.2, 0) is 6.42 Å². The molecule has 6 heteroatoms. The Labute approximate surface area is 158 Å². The van der Waals surface area contributed by atoms with Crippen molar-refractivity contribution in [3.05, 3.63) is 76.6 Å². The first-order chi connectivity index (χ1) is 12.5. The molecule has 1 N–H and O–H groups in total. The van der Waals surface area contributed by atoms with Crippen molar-refractivity contribution in [3.63, 3.8) is 0 Å². The van der Waals surface area contributed by atoms with E-state index in [-0.39, 0.29) is 11.9 Å². The summed E-state index contributed by atoms with van der Waals surface area (Å²) in [5.74, 6) is -0.205. The van der Waals surface area contributed by atoms with Crippen molar-refractivity contribution in [1.29, 1.82) is 0 Å². The van der Waals surface area contributed by atoms with Crippen molar-refractivity contribution in [2.75, 3.05) is 0 Å². The minimum atomic E-state index is -0.205. The highest BCUT2D eigenvalue weighted by atomic mass is 35.5. The lowest BCUT2D eigenvalue weighted by atomic mass is 10.1. The second kappa shape index (κ2) is 8.15. The van der Waals surface area contributed by atoms with Gasteiger partial charge >= 0.3 is 0 Å². The number of aryl methyl sites for hydroxylation is 1. The quantitative estimate of drug-likeness (QED) is 0.715. The van der Waals surface area contributed by atoms with Gasteiger partial charge in [-0.2, -0.15) is 0 Å². The molecule has 0 unspecified atom stereocenters. The van der Waals surface area contributed by atoms with Crippen LogP contribution in [0.15, 0.2) is 54.6 Å². The van der Waals surface area contributed by atoms with E-state index in [2.05, 4.69) is 27.8 Å². The standard InChI is InChI=1S/C20H21ClN4O/c1-14(8-9-16-6-4-3-5-7-16)22-20(26)19-15(2)25(24-23-19)18-12-10-17(21)11-13-18/h3-7,10-14H,8-9H2,1-2H3,(H,22,26)/t14-/m1/s1. The average Bonchev–Trinajstić information content (AvgIpc) is 3.03. The largest absolute Gasteiger partial charge is 0.348 e. The van der Waals surface area contributed by atoms with Crippen molar-refractivity contribution in [2.24, 2.45) is 0 Å². The van der Waals surface area contributed by atoms with Gasteiger partial charge in [-0.05, 0) is 56.5 Å². The summed E-state index contributed by atoms with van der Waals surface area (Å²) in [6.07, 6.45) is 1.78. The van der Waals surface area contributed by atoms with Crippen molar-refractivity contribution in [1.82, 2.24) is 20.3 Å². The molecule has 134 valence electrons. The second-order valence-corrected chi connectivity index (χ2v) is 6.75. The summed E-state index contributed by atoms with van der Waals surface area (Å²) >= 11 is 5.92. The third-order valence-corrected chi connectivity index (χ3v) is 4.52. The normalized spacial score (nSPS) is 12.0. The van der Waals surface area contributed by atoms with E-state index < -0.39 is 0 Å². The van der Waals surface area contributed by atoms with Gasteiger partial charge in [-0.3, -0.25) is 4.79 Å². The number of aromatic nitrogens is 3. The van der Waals surface area contributed by atoms with Gasteiger partial charge in [0.05, 0.1) is 11.4 Å². The van der Waals surface area contributed by atoms with Crippen molar-refractivity contribution < 1.29 is 4.79 Å². The Morgan fingerprint density at radius 2 is 1.85 bits per heavy atom. The van der Waals surface area contributed by atoms with Crippen LogP contribution in [0.5, 0.6) is 0 Å². The molecule has 1 amide bonds. The summed E-state index contributed by atoms with van der Waals surface area (Å²) in [5.41, 5.74) is 3.11. The molecule has 3 rings (SSSR count). The molecule has 0 aliphatic carbocycles. The maximum absolute atomic E-state index is 12.5. The molecule has 0 fully saturated rings. The number of halogens is 1. The number of carbonyl (C=O) groups excluding carboxylic acids is 1. The first-order valence-electron chi connectivity index (χ1n) is 8.57. The number of hydrogen-bond acceptors (Lipinski definition) is 3. The van der Waals surface area contributed by atoms with Gasteiger partial charge in [0.2, 0.25) is 0 Å². The fourth-order valence-electron chi connectivity index (χ4n) is 2.76. The van der Waals surface area contributed by atoms with Crippen LogP contribution in [0.1, 0.15) is 35.1 Å². The van der Waals surface area contributed by atoms with Crippen LogP contribution in [0.4, 0.5) is 0 Å². The molecule has 1 aromatic heterocycles. The minimum absolute atomic E-state index is 0.0442. The molecule has 0 bridgehead atoms. The van der Waals surface area contributed by atoms with Crippen LogP contribution in [-0.4, -0.2) is 26.9 Å². The summed E-state index contributed by atoms with van der Waals surface area (Å²) in [6.45, 7) is 3.83.